The average molecular weight is 288 g/mol. The summed E-state index contributed by atoms with van der Waals surface area (Å²) in [4.78, 5) is 11.4. The molecule has 0 spiro atoms. The molecule has 114 valence electrons. The SMILES string of the molecule is CC1CCCc2ccc([C@H](C3CC3)[C@H](C)C(=O)O)cc2O1. The Bertz CT molecular complexity index is 533. The molecule has 21 heavy (non-hydrogen) atoms. The van der Waals surface area contributed by atoms with Gasteiger partial charge in [-0.05, 0) is 68.1 Å². The van der Waals surface area contributed by atoms with E-state index in [9.17, 15) is 9.90 Å². The molecule has 0 amide bonds. The zero-order valence-corrected chi connectivity index (χ0v) is 12.8. The van der Waals surface area contributed by atoms with E-state index in [0.717, 1.165) is 43.4 Å². The van der Waals surface area contributed by atoms with Gasteiger partial charge in [-0.3, -0.25) is 4.79 Å². The molecular formula is C18H24O3. The summed E-state index contributed by atoms with van der Waals surface area (Å²) in [6, 6.07) is 6.38. The number of carbonyl (C=O) groups is 1. The van der Waals surface area contributed by atoms with Gasteiger partial charge in [-0.25, -0.2) is 0 Å². The normalized spacial score (nSPS) is 24.4. The zero-order chi connectivity index (χ0) is 15.0. The molecular weight excluding hydrogens is 264 g/mol. The Labute approximate surface area is 126 Å². The molecule has 1 saturated carbocycles. The van der Waals surface area contributed by atoms with Crippen molar-refractivity contribution < 1.29 is 14.6 Å². The molecule has 0 bridgehead atoms. The number of carboxylic acid groups (broad SMARTS) is 1. The highest BCUT2D eigenvalue weighted by Crippen LogP contribution is 2.47. The molecule has 0 saturated heterocycles. The van der Waals surface area contributed by atoms with E-state index in [4.69, 9.17) is 4.74 Å². The van der Waals surface area contributed by atoms with Crippen molar-refractivity contribution in [1.29, 1.82) is 0 Å². The molecule has 3 rings (SSSR count). The fourth-order valence-electron chi connectivity index (χ4n) is 3.53. The number of carboxylic acids is 1. The highest BCUT2D eigenvalue weighted by atomic mass is 16.5. The number of hydrogen-bond donors (Lipinski definition) is 1. The maximum absolute atomic E-state index is 11.4. The first kappa shape index (κ1) is 14.4. The van der Waals surface area contributed by atoms with Gasteiger partial charge in [0.2, 0.25) is 0 Å². The molecule has 0 radical (unpaired) electrons. The smallest absolute Gasteiger partial charge is 0.306 e. The summed E-state index contributed by atoms with van der Waals surface area (Å²) < 4.78 is 6.04. The third-order valence-corrected chi connectivity index (χ3v) is 4.92. The lowest BCUT2D eigenvalue weighted by Crippen LogP contribution is -2.21. The molecule has 1 fully saturated rings. The molecule has 1 unspecified atom stereocenters. The predicted octanol–water partition coefficient (Wildman–Crippen LogP) is 4.00. The standard InChI is InChI=1S/C18H24O3/c1-11-4-3-5-13-6-9-15(10-16(13)21-11)17(14-7-8-14)12(2)18(19)20/h6,9-12,14,17H,3-5,7-8H2,1-2H3,(H,19,20)/t11?,12-,17-/m0/s1. The number of rotatable bonds is 4. The Balaban J connectivity index is 1.92. The van der Waals surface area contributed by atoms with Crippen molar-refractivity contribution in [2.75, 3.05) is 0 Å². The van der Waals surface area contributed by atoms with Crippen LogP contribution in [0.4, 0.5) is 0 Å². The third-order valence-electron chi connectivity index (χ3n) is 4.92. The van der Waals surface area contributed by atoms with E-state index >= 15 is 0 Å². The second-order valence-corrected chi connectivity index (χ2v) is 6.68. The lowest BCUT2D eigenvalue weighted by atomic mass is 9.82. The first-order chi connectivity index (χ1) is 10.1. The van der Waals surface area contributed by atoms with Gasteiger partial charge in [-0.1, -0.05) is 19.1 Å². The minimum Gasteiger partial charge on any atom is -0.490 e. The molecule has 1 N–H and O–H groups in total. The third kappa shape index (κ3) is 3.07. The van der Waals surface area contributed by atoms with Crippen molar-refractivity contribution in [1.82, 2.24) is 0 Å². The van der Waals surface area contributed by atoms with Gasteiger partial charge in [-0.2, -0.15) is 0 Å². The highest BCUT2D eigenvalue weighted by molar-refractivity contribution is 5.71. The number of aryl methyl sites for hydroxylation is 1. The van der Waals surface area contributed by atoms with Crippen LogP contribution in [0.25, 0.3) is 0 Å². The summed E-state index contributed by atoms with van der Waals surface area (Å²) in [6.45, 7) is 3.94. The molecule has 1 heterocycles. The van der Waals surface area contributed by atoms with Crippen LogP contribution in [0.15, 0.2) is 18.2 Å². The number of hydrogen-bond acceptors (Lipinski definition) is 2. The molecule has 1 aromatic carbocycles. The lowest BCUT2D eigenvalue weighted by Gasteiger charge is -2.23. The summed E-state index contributed by atoms with van der Waals surface area (Å²) >= 11 is 0. The van der Waals surface area contributed by atoms with Gasteiger partial charge < -0.3 is 9.84 Å². The molecule has 1 aliphatic heterocycles. The van der Waals surface area contributed by atoms with Crippen LogP contribution in [-0.2, 0) is 11.2 Å². The highest BCUT2D eigenvalue weighted by Gasteiger charge is 2.39. The van der Waals surface area contributed by atoms with Gasteiger partial charge >= 0.3 is 5.97 Å². The quantitative estimate of drug-likeness (QED) is 0.910. The number of aliphatic carboxylic acids is 1. The Morgan fingerprint density at radius 1 is 1.33 bits per heavy atom. The fraction of sp³-hybridized carbons (Fsp3) is 0.611. The summed E-state index contributed by atoms with van der Waals surface area (Å²) in [7, 11) is 0. The molecule has 3 atom stereocenters. The summed E-state index contributed by atoms with van der Waals surface area (Å²) in [6.07, 6.45) is 5.85. The maximum atomic E-state index is 11.4. The van der Waals surface area contributed by atoms with Crippen molar-refractivity contribution in [3.8, 4) is 5.75 Å². The number of fused-ring (bicyclic) bond motifs is 1. The van der Waals surface area contributed by atoms with Crippen molar-refractivity contribution in [2.24, 2.45) is 11.8 Å². The first-order valence-corrected chi connectivity index (χ1v) is 8.08. The van der Waals surface area contributed by atoms with Crippen LogP contribution in [0, 0.1) is 11.8 Å². The average Bonchev–Trinajstić information content (AvgIpc) is 3.25. The van der Waals surface area contributed by atoms with Crippen molar-refractivity contribution in [3.63, 3.8) is 0 Å². The summed E-state index contributed by atoms with van der Waals surface area (Å²) in [5, 5.41) is 9.38. The van der Waals surface area contributed by atoms with E-state index in [-0.39, 0.29) is 17.9 Å². The topological polar surface area (TPSA) is 46.5 Å². The minimum absolute atomic E-state index is 0.120. The van der Waals surface area contributed by atoms with Gasteiger partial charge in [0.1, 0.15) is 5.75 Å². The Kier molecular flexibility index (Phi) is 3.92. The Morgan fingerprint density at radius 3 is 2.76 bits per heavy atom. The molecule has 1 aliphatic carbocycles. The summed E-state index contributed by atoms with van der Waals surface area (Å²) in [5.41, 5.74) is 2.40. The van der Waals surface area contributed by atoms with Crippen LogP contribution < -0.4 is 4.74 Å². The van der Waals surface area contributed by atoms with E-state index in [1.165, 1.54) is 5.56 Å². The Hall–Kier alpha value is -1.51. The zero-order valence-electron chi connectivity index (χ0n) is 12.8. The monoisotopic (exact) mass is 288 g/mol. The molecule has 3 nitrogen and oxygen atoms in total. The maximum Gasteiger partial charge on any atom is 0.306 e. The van der Waals surface area contributed by atoms with E-state index in [1.807, 2.05) is 6.92 Å². The minimum atomic E-state index is -0.698. The van der Waals surface area contributed by atoms with Crippen LogP contribution in [0.2, 0.25) is 0 Å². The van der Waals surface area contributed by atoms with E-state index in [1.54, 1.807) is 0 Å². The predicted molar refractivity (Wildman–Crippen MR) is 81.7 cm³/mol. The van der Waals surface area contributed by atoms with Gasteiger partial charge in [0.15, 0.2) is 0 Å². The van der Waals surface area contributed by atoms with Gasteiger partial charge in [0, 0.05) is 0 Å². The van der Waals surface area contributed by atoms with Crippen LogP contribution in [0.1, 0.15) is 56.6 Å². The second-order valence-electron chi connectivity index (χ2n) is 6.68. The Morgan fingerprint density at radius 2 is 2.10 bits per heavy atom. The van der Waals surface area contributed by atoms with E-state index in [0.29, 0.717) is 5.92 Å². The first-order valence-electron chi connectivity index (χ1n) is 8.08. The van der Waals surface area contributed by atoms with Crippen LogP contribution in [0.3, 0.4) is 0 Å². The van der Waals surface area contributed by atoms with E-state index < -0.39 is 5.97 Å². The second kappa shape index (κ2) is 5.70. The lowest BCUT2D eigenvalue weighted by molar-refractivity contribution is -0.142. The fourth-order valence-corrected chi connectivity index (χ4v) is 3.53. The molecule has 3 heteroatoms. The number of benzene rings is 1. The summed E-state index contributed by atoms with van der Waals surface area (Å²) in [5.74, 6) is 0.586. The molecule has 0 aromatic heterocycles. The van der Waals surface area contributed by atoms with Crippen LogP contribution >= 0.6 is 0 Å². The van der Waals surface area contributed by atoms with Crippen molar-refractivity contribution in [3.05, 3.63) is 29.3 Å². The van der Waals surface area contributed by atoms with Gasteiger partial charge in [-0.15, -0.1) is 0 Å². The number of ether oxygens (including phenoxy) is 1. The van der Waals surface area contributed by atoms with Gasteiger partial charge in [0.25, 0.3) is 0 Å². The van der Waals surface area contributed by atoms with Crippen LogP contribution in [-0.4, -0.2) is 17.2 Å². The molecule has 2 aliphatic rings. The largest absolute Gasteiger partial charge is 0.490 e. The van der Waals surface area contributed by atoms with Crippen molar-refractivity contribution in [2.45, 2.75) is 58.0 Å². The molecule has 1 aromatic rings. The van der Waals surface area contributed by atoms with Crippen LogP contribution in [0.5, 0.6) is 5.75 Å². The van der Waals surface area contributed by atoms with E-state index in [2.05, 4.69) is 25.1 Å². The van der Waals surface area contributed by atoms with Gasteiger partial charge in [0.05, 0.1) is 12.0 Å². The van der Waals surface area contributed by atoms with Crippen molar-refractivity contribution >= 4 is 5.97 Å².